The summed E-state index contributed by atoms with van der Waals surface area (Å²) in [5.41, 5.74) is 3.97. The predicted octanol–water partition coefficient (Wildman–Crippen LogP) is 3.77. The molecule has 110 valence electrons. The predicted molar refractivity (Wildman–Crippen MR) is 90.2 cm³/mol. The molecule has 0 aliphatic rings. The fourth-order valence-electron chi connectivity index (χ4n) is 2.38. The molecule has 1 aromatic heterocycles. The molecule has 2 aromatic carbocycles. The van der Waals surface area contributed by atoms with E-state index in [1.165, 1.54) is 0 Å². The van der Waals surface area contributed by atoms with Crippen LogP contribution in [0, 0.1) is 0 Å². The molecule has 3 rings (SSSR count). The van der Waals surface area contributed by atoms with E-state index < -0.39 is 0 Å². The van der Waals surface area contributed by atoms with E-state index in [0.717, 1.165) is 32.9 Å². The minimum absolute atomic E-state index is 0.145. The van der Waals surface area contributed by atoms with Gasteiger partial charge in [-0.3, -0.25) is 9.59 Å². The molecule has 0 saturated carbocycles. The highest BCUT2D eigenvalue weighted by Crippen LogP contribution is 2.28. The number of nitrogens with one attached hydrogen (secondary N) is 2. The summed E-state index contributed by atoms with van der Waals surface area (Å²) in [5.74, 6) is -0.145. The number of benzene rings is 2. The number of aromatic nitrogens is 1. The molecule has 0 saturated heterocycles. The first-order chi connectivity index (χ1) is 10.6. The Kier molecular flexibility index (Phi) is 3.81. The first kappa shape index (κ1) is 14.5. The normalized spacial score (nSPS) is 10.6. The van der Waals surface area contributed by atoms with Crippen molar-refractivity contribution in [3.05, 3.63) is 58.1 Å². The lowest BCUT2D eigenvalue weighted by atomic mass is 10.1. The lowest BCUT2D eigenvalue weighted by Crippen LogP contribution is -2.18. The fraction of sp³-hybridized carbons (Fsp3) is 0.0588. The van der Waals surface area contributed by atoms with Crippen molar-refractivity contribution in [3.63, 3.8) is 0 Å². The third kappa shape index (κ3) is 2.55. The largest absolute Gasteiger partial charge is 0.355 e. The molecule has 3 aromatic rings. The van der Waals surface area contributed by atoms with Crippen molar-refractivity contribution in [2.24, 2.45) is 0 Å². The van der Waals surface area contributed by atoms with Gasteiger partial charge in [0, 0.05) is 33.7 Å². The molecular weight excluding hydrogens is 344 g/mol. The molecule has 0 bridgehead atoms. The average Bonchev–Trinajstić information content (AvgIpc) is 2.97. The van der Waals surface area contributed by atoms with Crippen molar-refractivity contribution in [2.75, 3.05) is 7.05 Å². The summed E-state index contributed by atoms with van der Waals surface area (Å²) in [6.07, 6.45) is 0.829. The molecule has 22 heavy (non-hydrogen) atoms. The van der Waals surface area contributed by atoms with Gasteiger partial charge >= 0.3 is 0 Å². The number of halogens is 1. The summed E-state index contributed by atoms with van der Waals surface area (Å²) >= 11 is 3.39. The summed E-state index contributed by atoms with van der Waals surface area (Å²) in [7, 11) is 1.60. The number of H-pyrrole nitrogens is 1. The monoisotopic (exact) mass is 356 g/mol. The Morgan fingerprint density at radius 1 is 1.18 bits per heavy atom. The van der Waals surface area contributed by atoms with Crippen LogP contribution in [0.1, 0.15) is 20.7 Å². The van der Waals surface area contributed by atoms with E-state index in [0.29, 0.717) is 11.1 Å². The smallest absolute Gasteiger partial charge is 0.252 e. The van der Waals surface area contributed by atoms with Crippen LogP contribution in [0.4, 0.5) is 0 Å². The SMILES string of the molecule is CNC(=O)c1cc(-c2cc3cc(C=O)ccc3[nH]2)ccc1Br. The molecule has 0 fully saturated rings. The summed E-state index contributed by atoms with van der Waals surface area (Å²) in [6.45, 7) is 0. The van der Waals surface area contributed by atoms with Crippen molar-refractivity contribution in [2.45, 2.75) is 0 Å². The van der Waals surface area contributed by atoms with Gasteiger partial charge in [0.1, 0.15) is 6.29 Å². The second-order valence-electron chi connectivity index (χ2n) is 4.92. The van der Waals surface area contributed by atoms with E-state index in [9.17, 15) is 9.59 Å². The Balaban J connectivity index is 2.11. The number of rotatable bonds is 3. The maximum Gasteiger partial charge on any atom is 0.252 e. The first-order valence-electron chi connectivity index (χ1n) is 6.72. The number of hydrogen-bond acceptors (Lipinski definition) is 2. The first-order valence-corrected chi connectivity index (χ1v) is 7.51. The lowest BCUT2D eigenvalue weighted by molar-refractivity contribution is 0.0962. The van der Waals surface area contributed by atoms with Crippen molar-refractivity contribution >= 4 is 39.0 Å². The van der Waals surface area contributed by atoms with Crippen LogP contribution < -0.4 is 5.32 Å². The van der Waals surface area contributed by atoms with Crippen LogP contribution >= 0.6 is 15.9 Å². The van der Waals surface area contributed by atoms with E-state index in [2.05, 4.69) is 26.2 Å². The number of amides is 1. The third-order valence-corrected chi connectivity index (χ3v) is 4.22. The van der Waals surface area contributed by atoms with Gasteiger partial charge in [-0.25, -0.2) is 0 Å². The number of fused-ring (bicyclic) bond motifs is 1. The van der Waals surface area contributed by atoms with Gasteiger partial charge < -0.3 is 10.3 Å². The lowest BCUT2D eigenvalue weighted by Gasteiger charge is -2.05. The topological polar surface area (TPSA) is 62.0 Å². The second-order valence-corrected chi connectivity index (χ2v) is 5.78. The number of carbonyl (C=O) groups is 2. The van der Waals surface area contributed by atoms with Crippen molar-refractivity contribution in [3.8, 4) is 11.3 Å². The van der Waals surface area contributed by atoms with Crippen LogP contribution in [0.2, 0.25) is 0 Å². The van der Waals surface area contributed by atoms with Gasteiger partial charge in [0.15, 0.2) is 0 Å². The highest BCUT2D eigenvalue weighted by Gasteiger charge is 2.11. The molecule has 2 N–H and O–H groups in total. The minimum atomic E-state index is -0.145. The molecule has 0 aliphatic heterocycles. The maximum absolute atomic E-state index is 11.9. The molecule has 0 spiro atoms. The molecule has 4 nitrogen and oxygen atoms in total. The highest BCUT2D eigenvalue weighted by atomic mass is 79.9. The van der Waals surface area contributed by atoms with E-state index in [1.807, 2.05) is 36.4 Å². The standard InChI is InChI=1S/C17H13BrN2O2/c1-19-17(22)13-7-11(3-4-14(13)18)16-8-12-6-10(9-21)2-5-15(12)20-16/h2-9,20H,1H3,(H,19,22). The Bertz CT molecular complexity index is 883. The molecule has 0 atom stereocenters. The Morgan fingerprint density at radius 2 is 2.00 bits per heavy atom. The molecule has 1 heterocycles. The zero-order chi connectivity index (χ0) is 15.7. The summed E-state index contributed by atoms with van der Waals surface area (Å²) < 4.78 is 0.745. The van der Waals surface area contributed by atoms with Crippen LogP contribution in [0.15, 0.2) is 46.9 Å². The van der Waals surface area contributed by atoms with Gasteiger partial charge in [-0.2, -0.15) is 0 Å². The molecule has 0 unspecified atom stereocenters. The molecule has 1 amide bonds. The van der Waals surface area contributed by atoms with E-state index in [-0.39, 0.29) is 5.91 Å². The van der Waals surface area contributed by atoms with Gasteiger partial charge in [-0.05, 0) is 57.9 Å². The molecule has 0 aliphatic carbocycles. The van der Waals surface area contributed by atoms with Crippen LogP contribution in [-0.2, 0) is 0 Å². The minimum Gasteiger partial charge on any atom is -0.355 e. The van der Waals surface area contributed by atoms with Gasteiger partial charge in [0.2, 0.25) is 0 Å². The Hall–Kier alpha value is -2.40. The van der Waals surface area contributed by atoms with Gasteiger partial charge in [-0.1, -0.05) is 6.07 Å². The van der Waals surface area contributed by atoms with Crippen molar-refractivity contribution in [1.29, 1.82) is 0 Å². The van der Waals surface area contributed by atoms with E-state index in [1.54, 1.807) is 13.1 Å². The zero-order valence-corrected chi connectivity index (χ0v) is 13.4. The quantitative estimate of drug-likeness (QED) is 0.701. The zero-order valence-electron chi connectivity index (χ0n) is 11.8. The van der Waals surface area contributed by atoms with Crippen molar-refractivity contribution in [1.82, 2.24) is 10.3 Å². The molecule has 5 heteroatoms. The van der Waals surface area contributed by atoms with E-state index >= 15 is 0 Å². The van der Waals surface area contributed by atoms with Crippen LogP contribution in [0.25, 0.3) is 22.2 Å². The molecule has 0 radical (unpaired) electrons. The summed E-state index contributed by atoms with van der Waals surface area (Å²) in [6, 6.07) is 13.1. The third-order valence-electron chi connectivity index (χ3n) is 3.53. The number of hydrogen-bond donors (Lipinski definition) is 2. The molecular formula is C17H13BrN2O2. The maximum atomic E-state index is 11.9. The van der Waals surface area contributed by atoms with Crippen LogP contribution in [0.3, 0.4) is 0 Å². The van der Waals surface area contributed by atoms with Gasteiger partial charge in [-0.15, -0.1) is 0 Å². The number of aldehydes is 1. The van der Waals surface area contributed by atoms with Gasteiger partial charge in [0.05, 0.1) is 5.56 Å². The van der Waals surface area contributed by atoms with Crippen molar-refractivity contribution < 1.29 is 9.59 Å². The number of carbonyl (C=O) groups excluding carboxylic acids is 2. The number of aromatic amines is 1. The van der Waals surface area contributed by atoms with E-state index in [4.69, 9.17) is 0 Å². The summed E-state index contributed by atoms with van der Waals surface area (Å²) in [5, 5.41) is 3.59. The average molecular weight is 357 g/mol. The Morgan fingerprint density at radius 3 is 2.73 bits per heavy atom. The second kappa shape index (κ2) is 5.77. The fourth-order valence-corrected chi connectivity index (χ4v) is 2.81. The summed E-state index contributed by atoms with van der Waals surface area (Å²) in [4.78, 5) is 26.0. The highest BCUT2D eigenvalue weighted by molar-refractivity contribution is 9.10. The van der Waals surface area contributed by atoms with Crippen LogP contribution in [0.5, 0.6) is 0 Å². The Labute approximate surface area is 135 Å². The van der Waals surface area contributed by atoms with Gasteiger partial charge in [0.25, 0.3) is 5.91 Å². The van der Waals surface area contributed by atoms with Crippen LogP contribution in [-0.4, -0.2) is 24.2 Å².